The van der Waals surface area contributed by atoms with Crippen molar-refractivity contribution in [2.45, 2.75) is 45.6 Å². The SMILES string of the molecule is CC(C)COc1ccccc1NC(=O)N(C)C1CCC(CO)CC1. The fraction of sp³-hybridized carbons (Fsp3) is 0.632. The molecule has 0 atom stereocenters. The number of benzene rings is 1. The molecule has 1 aromatic rings. The van der Waals surface area contributed by atoms with Crippen molar-refractivity contribution in [2.75, 3.05) is 25.6 Å². The molecule has 134 valence electrons. The van der Waals surface area contributed by atoms with Crippen molar-refractivity contribution in [1.82, 2.24) is 4.90 Å². The Hall–Kier alpha value is -1.75. The van der Waals surface area contributed by atoms with E-state index in [2.05, 4.69) is 19.2 Å². The third-order valence-electron chi connectivity index (χ3n) is 4.64. The Morgan fingerprint density at radius 2 is 1.96 bits per heavy atom. The van der Waals surface area contributed by atoms with Gasteiger partial charge < -0.3 is 20.1 Å². The number of ether oxygens (including phenoxy) is 1. The predicted molar refractivity (Wildman–Crippen MR) is 96.4 cm³/mol. The predicted octanol–water partition coefficient (Wildman–Crippen LogP) is 3.74. The summed E-state index contributed by atoms with van der Waals surface area (Å²) in [4.78, 5) is 14.3. The first kappa shape index (κ1) is 18.6. The van der Waals surface area contributed by atoms with Crippen LogP contribution < -0.4 is 10.1 Å². The number of rotatable bonds is 6. The van der Waals surface area contributed by atoms with E-state index in [1.165, 1.54) is 0 Å². The van der Waals surface area contributed by atoms with Gasteiger partial charge >= 0.3 is 6.03 Å². The molecule has 0 aromatic heterocycles. The van der Waals surface area contributed by atoms with Crippen LogP contribution in [0.4, 0.5) is 10.5 Å². The van der Waals surface area contributed by atoms with Gasteiger partial charge in [0.2, 0.25) is 0 Å². The van der Waals surface area contributed by atoms with E-state index in [1.807, 2.05) is 31.3 Å². The van der Waals surface area contributed by atoms with Crippen LogP contribution in [0.1, 0.15) is 39.5 Å². The second kappa shape index (κ2) is 8.92. The molecule has 1 aliphatic rings. The molecule has 2 N–H and O–H groups in total. The summed E-state index contributed by atoms with van der Waals surface area (Å²) < 4.78 is 5.79. The van der Waals surface area contributed by atoms with Gasteiger partial charge in [0.25, 0.3) is 0 Å². The molecular formula is C19H30N2O3. The second-order valence-electron chi connectivity index (χ2n) is 7.10. The van der Waals surface area contributed by atoms with Gasteiger partial charge in [0.05, 0.1) is 12.3 Å². The topological polar surface area (TPSA) is 61.8 Å². The minimum Gasteiger partial charge on any atom is -0.491 e. The number of aliphatic hydroxyl groups excluding tert-OH is 1. The number of amides is 2. The molecule has 24 heavy (non-hydrogen) atoms. The van der Waals surface area contributed by atoms with Crippen LogP contribution in [0.3, 0.4) is 0 Å². The normalized spacial score (nSPS) is 20.7. The second-order valence-corrected chi connectivity index (χ2v) is 7.10. The number of nitrogens with one attached hydrogen (secondary N) is 1. The first-order chi connectivity index (χ1) is 11.5. The molecule has 5 heteroatoms. The summed E-state index contributed by atoms with van der Waals surface area (Å²) in [6.07, 6.45) is 3.85. The Kier molecular flexibility index (Phi) is 6.91. The molecule has 2 rings (SSSR count). The lowest BCUT2D eigenvalue weighted by Gasteiger charge is -2.34. The summed E-state index contributed by atoms with van der Waals surface area (Å²) in [5.74, 6) is 1.53. The van der Waals surface area contributed by atoms with Crippen molar-refractivity contribution >= 4 is 11.7 Å². The number of hydrogen-bond donors (Lipinski definition) is 2. The molecule has 0 saturated heterocycles. The van der Waals surface area contributed by atoms with Crippen molar-refractivity contribution in [3.05, 3.63) is 24.3 Å². The molecule has 0 aliphatic heterocycles. The van der Waals surface area contributed by atoms with Gasteiger partial charge in [0.15, 0.2) is 0 Å². The van der Waals surface area contributed by atoms with Gasteiger partial charge in [-0.3, -0.25) is 0 Å². The third kappa shape index (κ3) is 5.13. The first-order valence-corrected chi connectivity index (χ1v) is 8.87. The average Bonchev–Trinajstić information content (AvgIpc) is 2.60. The highest BCUT2D eigenvalue weighted by atomic mass is 16.5. The number of urea groups is 1. The molecule has 0 radical (unpaired) electrons. The smallest absolute Gasteiger partial charge is 0.321 e. The standard InChI is InChI=1S/C19H30N2O3/c1-14(2)13-24-18-7-5-4-6-17(18)20-19(23)21(3)16-10-8-15(12-22)9-11-16/h4-7,14-16,22H,8-13H2,1-3H3,(H,20,23). The highest BCUT2D eigenvalue weighted by Crippen LogP contribution is 2.28. The highest BCUT2D eigenvalue weighted by molar-refractivity contribution is 5.91. The zero-order chi connectivity index (χ0) is 17.5. The molecule has 2 amide bonds. The third-order valence-corrected chi connectivity index (χ3v) is 4.64. The minimum atomic E-state index is -0.108. The number of nitrogens with zero attached hydrogens (tertiary/aromatic N) is 1. The van der Waals surface area contributed by atoms with E-state index < -0.39 is 0 Å². The maximum absolute atomic E-state index is 12.6. The van der Waals surface area contributed by atoms with Gasteiger partial charge in [0, 0.05) is 19.7 Å². The largest absolute Gasteiger partial charge is 0.491 e. The van der Waals surface area contributed by atoms with Crippen LogP contribution >= 0.6 is 0 Å². The van der Waals surface area contributed by atoms with E-state index in [0.29, 0.717) is 29.9 Å². The van der Waals surface area contributed by atoms with Crippen molar-refractivity contribution in [1.29, 1.82) is 0 Å². The molecule has 1 aromatic carbocycles. The van der Waals surface area contributed by atoms with Gasteiger partial charge in [-0.2, -0.15) is 0 Å². The van der Waals surface area contributed by atoms with Gasteiger partial charge in [-0.25, -0.2) is 4.79 Å². The summed E-state index contributed by atoms with van der Waals surface area (Å²) in [7, 11) is 1.84. The highest BCUT2D eigenvalue weighted by Gasteiger charge is 2.26. The molecular weight excluding hydrogens is 304 g/mol. The Labute approximate surface area is 145 Å². The van der Waals surface area contributed by atoms with Crippen LogP contribution in [0.5, 0.6) is 5.75 Å². The fourth-order valence-corrected chi connectivity index (χ4v) is 3.04. The maximum atomic E-state index is 12.6. The molecule has 5 nitrogen and oxygen atoms in total. The first-order valence-electron chi connectivity index (χ1n) is 8.87. The summed E-state index contributed by atoms with van der Waals surface area (Å²) in [6.45, 7) is 5.06. The van der Waals surface area contributed by atoms with Crippen LogP contribution in [0.2, 0.25) is 0 Å². The van der Waals surface area contributed by atoms with Gasteiger partial charge in [-0.15, -0.1) is 0 Å². The van der Waals surface area contributed by atoms with E-state index in [9.17, 15) is 9.90 Å². The molecule has 1 aliphatic carbocycles. The monoisotopic (exact) mass is 334 g/mol. The fourth-order valence-electron chi connectivity index (χ4n) is 3.04. The van der Waals surface area contributed by atoms with E-state index in [-0.39, 0.29) is 18.7 Å². The maximum Gasteiger partial charge on any atom is 0.321 e. The zero-order valence-corrected chi connectivity index (χ0v) is 15.0. The number of hydrogen-bond acceptors (Lipinski definition) is 3. The zero-order valence-electron chi connectivity index (χ0n) is 15.0. The van der Waals surface area contributed by atoms with Crippen LogP contribution in [-0.2, 0) is 0 Å². The van der Waals surface area contributed by atoms with Crippen molar-refractivity contribution in [3.63, 3.8) is 0 Å². The lowest BCUT2D eigenvalue weighted by molar-refractivity contribution is 0.139. The Balaban J connectivity index is 1.94. The molecule has 1 saturated carbocycles. The minimum absolute atomic E-state index is 0.108. The van der Waals surface area contributed by atoms with E-state index in [4.69, 9.17) is 4.74 Å². The van der Waals surface area contributed by atoms with Crippen molar-refractivity contribution < 1.29 is 14.6 Å². The van der Waals surface area contributed by atoms with Crippen molar-refractivity contribution in [3.8, 4) is 5.75 Å². The van der Waals surface area contributed by atoms with Crippen LogP contribution in [0.15, 0.2) is 24.3 Å². The van der Waals surface area contributed by atoms with Crippen LogP contribution in [-0.4, -0.2) is 42.3 Å². The number of carbonyl (C=O) groups excluding carboxylic acids is 1. The van der Waals surface area contributed by atoms with E-state index in [0.717, 1.165) is 25.7 Å². The lowest BCUT2D eigenvalue weighted by Crippen LogP contribution is -2.42. The van der Waals surface area contributed by atoms with Crippen LogP contribution in [0.25, 0.3) is 0 Å². The van der Waals surface area contributed by atoms with Gasteiger partial charge in [0.1, 0.15) is 5.75 Å². The Morgan fingerprint density at radius 3 is 2.58 bits per heavy atom. The molecule has 0 unspecified atom stereocenters. The van der Waals surface area contributed by atoms with Gasteiger partial charge in [-0.05, 0) is 49.7 Å². The van der Waals surface area contributed by atoms with Gasteiger partial charge in [-0.1, -0.05) is 26.0 Å². The van der Waals surface area contributed by atoms with E-state index in [1.54, 1.807) is 4.90 Å². The quantitative estimate of drug-likeness (QED) is 0.833. The number of aliphatic hydroxyl groups is 1. The summed E-state index contributed by atoms with van der Waals surface area (Å²) in [6, 6.07) is 7.67. The number of anilines is 1. The molecule has 0 heterocycles. The van der Waals surface area contributed by atoms with E-state index >= 15 is 0 Å². The molecule has 0 spiro atoms. The molecule has 0 bridgehead atoms. The van der Waals surface area contributed by atoms with Crippen LogP contribution in [0, 0.1) is 11.8 Å². The number of para-hydroxylation sites is 2. The lowest BCUT2D eigenvalue weighted by atomic mass is 9.86. The Bertz CT molecular complexity index is 525. The average molecular weight is 334 g/mol. The Morgan fingerprint density at radius 1 is 1.29 bits per heavy atom. The van der Waals surface area contributed by atoms with Crippen molar-refractivity contribution in [2.24, 2.45) is 11.8 Å². The molecule has 1 fully saturated rings. The summed E-state index contributed by atoms with van der Waals surface area (Å²) >= 11 is 0. The summed E-state index contributed by atoms with van der Waals surface area (Å²) in [5.41, 5.74) is 0.707. The summed E-state index contributed by atoms with van der Waals surface area (Å²) in [5, 5.41) is 12.2. The number of carbonyl (C=O) groups is 1.